The van der Waals surface area contributed by atoms with Gasteiger partial charge in [0.05, 0.1) is 31.1 Å². The molecule has 3 rings (SSSR count). The van der Waals surface area contributed by atoms with Gasteiger partial charge in [-0.3, -0.25) is 0 Å². The molecule has 0 atom stereocenters. The minimum absolute atomic E-state index is 0.329. The summed E-state index contributed by atoms with van der Waals surface area (Å²) in [6.45, 7) is 7.02. The molecule has 7 nitrogen and oxygen atoms in total. The van der Waals surface area contributed by atoms with Crippen molar-refractivity contribution in [2.45, 2.75) is 13.8 Å². The highest BCUT2D eigenvalue weighted by Gasteiger charge is 2.16. The van der Waals surface area contributed by atoms with Crippen LogP contribution >= 0.6 is 0 Å². The van der Waals surface area contributed by atoms with Gasteiger partial charge < -0.3 is 19.7 Å². The molecule has 2 aromatic rings. The number of benzene rings is 1. The Hall–Kier alpha value is -2.67. The Morgan fingerprint density at radius 3 is 2.80 bits per heavy atom. The van der Waals surface area contributed by atoms with Crippen molar-refractivity contribution < 1.29 is 14.3 Å². The molecule has 0 radical (unpaired) electrons. The molecule has 1 aromatic heterocycles. The Balaban J connectivity index is 1.86. The zero-order valence-electron chi connectivity index (χ0n) is 14.5. The van der Waals surface area contributed by atoms with Gasteiger partial charge in [-0.15, -0.1) is 0 Å². The number of rotatable bonds is 5. The van der Waals surface area contributed by atoms with Crippen LogP contribution in [0.25, 0.3) is 0 Å². The van der Waals surface area contributed by atoms with E-state index in [0.29, 0.717) is 37.0 Å². The van der Waals surface area contributed by atoms with Gasteiger partial charge in [0.1, 0.15) is 5.82 Å². The smallest absolute Gasteiger partial charge is 0.340 e. The van der Waals surface area contributed by atoms with Crippen LogP contribution in [0.3, 0.4) is 0 Å². The molecular formula is C18H22N4O3. The highest BCUT2D eigenvalue weighted by Crippen LogP contribution is 2.22. The lowest BCUT2D eigenvalue weighted by Gasteiger charge is -2.28. The molecule has 25 heavy (non-hydrogen) atoms. The number of aryl methyl sites for hydroxylation is 1. The zero-order chi connectivity index (χ0) is 17.6. The maximum absolute atomic E-state index is 12.1. The van der Waals surface area contributed by atoms with Gasteiger partial charge >= 0.3 is 5.97 Å². The van der Waals surface area contributed by atoms with E-state index in [0.717, 1.165) is 24.6 Å². The molecule has 1 fully saturated rings. The standard InChI is InChI=1S/C18H22N4O3/c1-3-25-17(23)14-6-4-5-7-15(14)20-18-19-13(2)12-16(21-18)22-8-10-24-11-9-22/h4-7,12H,3,8-11H2,1-2H3,(H,19,20,21). The van der Waals surface area contributed by atoms with Gasteiger partial charge in [0, 0.05) is 24.8 Å². The van der Waals surface area contributed by atoms with E-state index in [9.17, 15) is 4.79 Å². The topological polar surface area (TPSA) is 76.6 Å². The van der Waals surface area contributed by atoms with Crippen molar-refractivity contribution >= 4 is 23.4 Å². The first-order valence-electron chi connectivity index (χ1n) is 8.39. The average Bonchev–Trinajstić information content (AvgIpc) is 2.62. The van der Waals surface area contributed by atoms with E-state index in [1.54, 1.807) is 19.1 Å². The highest BCUT2D eigenvalue weighted by molar-refractivity contribution is 5.96. The molecule has 2 heterocycles. The van der Waals surface area contributed by atoms with Crippen LogP contribution < -0.4 is 10.2 Å². The number of hydrogen-bond donors (Lipinski definition) is 1. The zero-order valence-corrected chi connectivity index (χ0v) is 14.5. The van der Waals surface area contributed by atoms with E-state index in [1.165, 1.54) is 0 Å². The molecule has 0 amide bonds. The number of morpholine rings is 1. The number of nitrogens with zero attached hydrogens (tertiary/aromatic N) is 3. The molecule has 1 aromatic carbocycles. The molecular weight excluding hydrogens is 320 g/mol. The third kappa shape index (κ3) is 4.24. The molecule has 132 valence electrons. The second-order valence-corrected chi connectivity index (χ2v) is 5.68. The normalized spacial score (nSPS) is 14.2. The van der Waals surface area contributed by atoms with E-state index >= 15 is 0 Å². The second kappa shape index (κ2) is 7.94. The number of hydrogen-bond acceptors (Lipinski definition) is 7. The Bertz CT molecular complexity index is 745. The molecule has 0 spiro atoms. The molecule has 0 unspecified atom stereocenters. The van der Waals surface area contributed by atoms with Crippen LogP contribution in [0.2, 0.25) is 0 Å². The van der Waals surface area contributed by atoms with Crippen molar-refractivity contribution in [3.63, 3.8) is 0 Å². The molecule has 1 N–H and O–H groups in total. The minimum atomic E-state index is -0.369. The highest BCUT2D eigenvalue weighted by atomic mass is 16.5. The Labute approximate surface area is 147 Å². The van der Waals surface area contributed by atoms with Crippen LogP contribution in [0.15, 0.2) is 30.3 Å². The third-order valence-corrected chi connectivity index (χ3v) is 3.84. The number of aromatic nitrogens is 2. The van der Waals surface area contributed by atoms with Crippen LogP contribution in [0, 0.1) is 6.92 Å². The predicted octanol–water partition coefficient (Wildman–Crippen LogP) is 2.54. The fourth-order valence-corrected chi connectivity index (χ4v) is 2.66. The van der Waals surface area contributed by atoms with Crippen LogP contribution in [0.5, 0.6) is 0 Å². The minimum Gasteiger partial charge on any atom is -0.462 e. The van der Waals surface area contributed by atoms with E-state index < -0.39 is 0 Å². The van der Waals surface area contributed by atoms with Gasteiger partial charge in [-0.2, -0.15) is 4.98 Å². The van der Waals surface area contributed by atoms with Gasteiger partial charge in [-0.05, 0) is 26.0 Å². The Morgan fingerprint density at radius 2 is 2.04 bits per heavy atom. The molecule has 1 aliphatic heterocycles. The quantitative estimate of drug-likeness (QED) is 0.837. The van der Waals surface area contributed by atoms with Crippen LogP contribution in [0.1, 0.15) is 23.0 Å². The second-order valence-electron chi connectivity index (χ2n) is 5.68. The predicted molar refractivity (Wildman–Crippen MR) is 95.5 cm³/mol. The van der Waals surface area contributed by atoms with Crippen molar-refractivity contribution in [3.05, 3.63) is 41.6 Å². The fourth-order valence-electron chi connectivity index (χ4n) is 2.66. The molecule has 0 saturated carbocycles. The number of nitrogens with one attached hydrogen (secondary N) is 1. The number of para-hydroxylation sites is 1. The van der Waals surface area contributed by atoms with Crippen molar-refractivity contribution in [1.29, 1.82) is 0 Å². The maximum atomic E-state index is 12.1. The van der Waals surface area contributed by atoms with Crippen LogP contribution in [-0.4, -0.2) is 48.8 Å². The Morgan fingerprint density at radius 1 is 1.28 bits per heavy atom. The summed E-state index contributed by atoms with van der Waals surface area (Å²) in [5.74, 6) is 0.941. The lowest BCUT2D eigenvalue weighted by atomic mass is 10.2. The fraction of sp³-hybridized carbons (Fsp3) is 0.389. The molecule has 7 heteroatoms. The van der Waals surface area contributed by atoms with E-state index in [-0.39, 0.29) is 5.97 Å². The number of esters is 1. The summed E-state index contributed by atoms with van der Waals surface area (Å²) >= 11 is 0. The van der Waals surface area contributed by atoms with Gasteiger partial charge in [0.25, 0.3) is 0 Å². The van der Waals surface area contributed by atoms with Crippen molar-refractivity contribution in [3.8, 4) is 0 Å². The summed E-state index contributed by atoms with van der Waals surface area (Å²) in [7, 11) is 0. The lowest BCUT2D eigenvalue weighted by molar-refractivity contribution is 0.0527. The Kier molecular flexibility index (Phi) is 5.45. The first-order valence-corrected chi connectivity index (χ1v) is 8.39. The maximum Gasteiger partial charge on any atom is 0.340 e. The monoisotopic (exact) mass is 342 g/mol. The average molecular weight is 342 g/mol. The number of ether oxygens (including phenoxy) is 2. The number of carbonyl (C=O) groups is 1. The van der Waals surface area contributed by atoms with Crippen molar-refractivity contribution in [1.82, 2.24) is 9.97 Å². The summed E-state index contributed by atoms with van der Waals surface area (Å²) in [5, 5.41) is 3.15. The van der Waals surface area contributed by atoms with E-state index in [1.807, 2.05) is 25.1 Å². The SMILES string of the molecule is CCOC(=O)c1ccccc1Nc1nc(C)cc(N2CCOCC2)n1. The summed E-state index contributed by atoms with van der Waals surface area (Å²) in [6.07, 6.45) is 0. The summed E-state index contributed by atoms with van der Waals surface area (Å²) in [6, 6.07) is 9.14. The molecule has 1 saturated heterocycles. The number of carbonyl (C=O) groups excluding carboxylic acids is 1. The lowest BCUT2D eigenvalue weighted by Crippen LogP contribution is -2.36. The number of anilines is 3. The van der Waals surface area contributed by atoms with Crippen LogP contribution in [0.4, 0.5) is 17.5 Å². The molecule has 0 bridgehead atoms. The molecule has 0 aliphatic carbocycles. The third-order valence-electron chi connectivity index (χ3n) is 3.84. The van der Waals surface area contributed by atoms with Crippen molar-refractivity contribution in [2.75, 3.05) is 43.1 Å². The summed E-state index contributed by atoms with van der Waals surface area (Å²) in [5.41, 5.74) is 1.94. The van der Waals surface area contributed by atoms with Gasteiger partial charge in [0.15, 0.2) is 0 Å². The summed E-state index contributed by atoms with van der Waals surface area (Å²) in [4.78, 5) is 23.3. The van der Waals surface area contributed by atoms with E-state index in [4.69, 9.17) is 9.47 Å². The first-order chi connectivity index (χ1) is 12.2. The van der Waals surface area contributed by atoms with Gasteiger partial charge in [-0.25, -0.2) is 9.78 Å². The van der Waals surface area contributed by atoms with Gasteiger partial charge in [0.2, 0.25) is 5.95 Å². The molecule has 1 aliphatic rings. The van der Waals surface area contributed by atoms with E-state index in [2.05, 4.69) is 20.2 Å². The summed E-state index contributed by atoms with van der Waals surface area (Å²) < 4.78 is 10.5. The van der Waals surface area contributed by atoms with Gasteiger partial charge in [-0.1, -0.05) is 12.1 Å². The first kappa shape index (κ1) is 17.2. The van der Waals surface area contributed by atoms with Crippen LogP contribution in [-0.2, 0) is 9.47 Å². The largest absolute Gasteiger partial charge is 0.462 e. The van der Waals surface area contributed by atoms with Crippen molar-refractivity contribution in [2.24, 2.45) is 0 Å².